The lowest BCUT2D eigenvalue weighted by atomic mass is 9.95. The van der Waals surface area contributed by atoms with E-state index in [4.69, 9.17) is 0 Å². The summed E-state index contributed by atoms with van der Waals surface area (Å²) >= 11 is 1.82. The van der Waals surface area contributed by atoms with Crippen molar-refractivity contribution in [3.8, 4) is 5.75 Å². The van der Waals surface area contributed by atoms with Crippen molar-refractivity contribution in [2.75, 3.05) is 6.54 Å². The van der Waals surface area contributed by atoms with Crippen LogP contribution in [0.5, 0.6) is 5.75 Å². The maximum absolute atomic E-state index is 10.5. The Morgan fingerprint density at radius 2 is 2.04 bits per heavy atom. The molecule has 0 bridgehead atoms. The van der Waals surface area contributed by atoms with Crippen LogP contribution in [-0.4, -0.2) is 33.3 Å². The van der Waals surface area contributed by atoms with Crippen LogP contribution in [0.1, 0.15) is 64.5 Å². The fourth-order valence-electron chi connectivity index (χ4n) is 2.95. The summed E-state index contributed by atoms with van der Waals surface area (Å²) in [5, 5.41) is 20.1. The van der Waals surface area contributed by atoms with E-state index in [1.54, 1.807) is 6.92 Å². The van der Waals surface area contributed by atoms with Gasteiger partial charge >= 0.3 is 0 Å². The molecule has 1 aromatic rings. The summed E-state index contributed by atoms with van der Waals surface area (Å²) in [6.45, 7) is 8.74. The fraction of sp³-hybridized carbons (Fsp3) is 0.632. The number of benzene rings is 1. The van der Waals surface area contributed by atoms with E-state index >= 15 is 0 Å². The molecular weight excluding hydrogens is 306 g/mol. The number of phenolic OH excluding ortho intramolecular Hbond substituents is 1. The third-order valence-electron chi connectivity index (χ3n) is 4.02. The third-order valence-corrected chi connectivity index (χ3v) is 5.26. The highest BCUT2D eigenvalue weighted by Crippen LogP contribution is 2.46. The standard InChI is InChI=1S/C19H29NO2S/c1-5-6-7-8-14-9-16(22)18-15(20-12-13(2)21)11-19(3,4)23-17(18)10-14/h9-10,13,21-22H,5-8,11-12H2,1-4H3/t13-/m1/s1. The minimum atomic E-state index is -0.459. The summed E-state index contributed by atoms with van der Waals surface area (Å²) in [7, 11) is 0. The first-order valence-corrected chi connectivity index (χ1v) is 9.40. The molecule has 0 aromatic heterocycles. The van der Waals surface area contributed by atoms with Gasteiger partial charge in [0.25, 0.3) is 0 Å². The second-order valence-corrected chi connectivity index (χ2v) is 8.87. The highest BCUT2D eigenvalue weighted by molar-refractivity contribution is 8.00. The van der Waals surface area contributed by atoms with Gasteiger partial charge in [-0.1, -0.05) is 19.8 Å². The number of phenols is 1. The Labute approximate surface area is 144 Å². The van der Waals surface area contributed by atoms with E-state index in [1.165, 1.54) is 18.4 Å². The lowest BCUT2D eigenvalue weighted by molar-refractivity contribution is 0.204. The highest BCUT2D eigenvalue weighted by Gasteiger charge is 2.32. The van der Waals surface area contributed by atoms with Crippen LogP contribution in [0.15, 0.2) is 22.0 Å². The van der Waals surface area contributed by atoms with Crippen molar-refractivity contribution in [3.05, 3.63) is 23.3 Å². The van der Waals surface area contributed by atoms with Gasteiger partial charge in [-0.15, -0.1) is 11.8 Å². The van der Waals surface area contributed by atoms with Crippen LogP contribution in [0.2, 0.25) is 0 Å². The molecule has 0 spiro atoms. The van der Waals surface area contributed by atoms with Crippen molar-refractivity contribution in [3.63, 3.8) is 0 Å². The van der Waals surface area contributed by atoms with Crippen LogP contribution in [-0.2, 0) is 6.42 Å². The van der Waals surface area contributed by atoms with Gasteiger partial charge in [-0.25, -0.2) is 0 Å². The highest BCUT2D eigenvalue weighted by atomic mass is 32.2. The molecule has 0 saturated carbocycles. The van der Waals surface area contributed by atoms with Crippen LogP contribution in [0.3, 0.4) is 0 Å². The Bertz CT molecular complexity index is 579. The Hall–Kier alpha value is -1.00. The average Bonchev–Trinajstić information content (AvgIpc) is 2.43. The number of hydrogen-bond donors (Lipinski definition) is 2. The third kappa shape index (κ3) is 4.98. The summed E-state index contributed by atoms with van der Waals surface area (Å²) in [5.41, 5.74) is 2.99. The number of nitrogens with zero attached hydrogens (tertiary/aromatic N) is 1. The molecule has 0 radical (unpaired) electrons. The van der Waals surface area contributed by atoms with Gasteiger partial charge in [0.1, 0.15) is 5.75 Å². The smallest absolute Gasteiger partial charge is 0.126 e. The van der Waals surface area contributed by atoms with Crippen molar-refractivity contribution in [2.24, 2.45) is 4.99 Å². The number of rotatable bonds is 6. The van der Waals surface area contributed by atoms with E-state index in [1.807, 2.05) is 17.8 Å². The summed E-state index contributed by atoms with van der Waals surface area (Å²) in [4.78, 5) is 5.70. The Morgan fingerprint density at radius 3 is 2.70 bits per heavy atom. The van der Waals surface area contributed by atoms with Crippen molar-refractivity contribution >= 4 is 17.5 Å². The van der Waals surface area contributed by atoms with Crippen molar-refractivity contribution in [1.29, 1.82) is 0 Å². The maximum Gasteiger partial charge on any atom is 0.126 e. The lowest BCUT2D eigenvalue weighted by Crippen LogP contribution is -2.27. The molecule has 23 heavy (non-hydrogen) atoms. The van der Waals surface area contributed by atoms with Crippen LogP contribution >= 0.6 is 11.8 Å². The van der Waals surface area contributed by atoms with Crippen LogP contribution in [0.25, 0.3) is 0 Å². The largest absolute Gasteiger partial charge is 0.507 e. The zero-order valence-electron chi connectivity index (χ0n) is 14.7. The molecule has 1 atom stereocenters. The number of aliphatic hydroxyl groups is 1. The van der Waals surface area contributed by atoms with Crippen LogP contribution < -0.4 is 0 Å². The molecule has 1 aliphatic heterocycles. The van der Waals surface area contributed by atoms with Gasteiger partial charge in [-0.05, 0) is 51.3 Å². The van der Waals surface area contributed by atoms with Crippen LogP contribution in [0, 0.1) is 0 Å². The number of hydrogen-bond acceptors (Lipinski definition) is 4. The molecule has 0 unspecified atom stereocenters. The molecule has 128 valence electrons. The minimum absolute atomic E-state index is 0.0546. The molecule has 2 N–H and O–H groups in total. The molecule has 0 saturated heterocycles. The number of aryl methyl sites for hydroxylation is 1. The second kappa shape index (κ2) is 7.71. The topological polar surface area (TPSA) is 52.8 Å². The second-order valence-electron chi connectivity index (χ2n) is 7.12. The first-order valence-electron chi connectivity index (χ1n) is 8.59. The van der Waals surface area contributed by atoms with E-state index < -0.39 is 6.10 Å². The van der Waals surface area contributed by atoms with E-state index in [0.29, 0.717) is 12.3 Å². The van der Waals surface area contributed by atoms with Crippen molar-refractivity contribution in [2.45, 2.75) is 75.5 Å². The molecule has 4 heteroatoms. The predicted molar refractivity (Wildman–Crippen MR) is 99.0 cm³/mol. The quantitative estimate of drug-likeness (QED) is 0.749. The maximum atomic E-state index is 10.5. The van der Waals surface area contributed by atoms with Gasteiger partial charge in [0.2, 0.25) is 0 Å². The summed E-state index contributed by atoms with van der Waals surface area (Å²) in [5.74, 6) is 0.335. The van der Waals surface area contributed by atoms with Crippen LogP contribution in [0.4, 0.5) is 0 Å². The number of thioether (sulfide) groups is 1. The molecule has 3 nitrogen and oxygen atoms in total. The Morgan fingerprint density at radius 1 is 1.30 bits per heavy atom. The van der Waals surface area contributed by atoms with Gasteiger partial charge in [0.05, 0.1) is 18.2 Å². The van der Waals surface area contributed by atoms with E-state index in [0.717, 1.165) is 35.4 Å². The molecule has 0 fully saturated rings. The Balaban J connectivity index is 2.35. The first kappa shape index (κ1) is 18.3. The zero-order valence-corrected chi connectivity index (χ0v) is 15.5. The van der Waals surface area contributed by atoms with Gasteiger partial charge in [0.15, 0.2) is 0 Å². The first-order chi connectivity index (χ1) is 10.8. The van der Waals surface area contributed by atoms with Gasteiger partial charge < -0.3 is 10.2 Å². The van der Waals surface area contributed by atoms with Gasteiger partial charge in [0, 0.05) is 21.8 Å². The van der Waals surface area contributed by atoms with Gasteiger partial charge in [-0.2, -0.15) is 0 Å². The molecule has 1 aromatic carbocycles. The average molecular weight is 336 g/mol. The number of aromatic hydroxyl groups is 1. The molecule has 0 aliphatic carbocycles. The molecular formula is C19H29NO2S. The summed E-state index contributed by atoms with van der Waals surface area (Å²) in [6.07, 6.45) is 4.94. The number of aliphatic hydroxyl groups excluding tert-OH is 1. The summed E-state index contributed by atoms with van der Waals surface area (Å²) < 4.78 is 0.0546. The zero-order chi connectivity index (χ0) is 17.0. The van der Waals surface area contributed by atoms with E-state index in [9.17, 15) is 10.2 Å². The monoisotopic (exact) mass is 335 g/mol. The number of aliphatic imine (C=N–C) groups is 1. The normalized spacial score (nSPS) is 19.6. The fourth-order valence-corrected chi connectivity index (χ4v) is 4.29. The van der Waals surface area contributed by atoms with E-state index in [2.05, 4.69) is 31.8 Å². The minimum Gasteiger partial charge on any atom is -0.507 e. The molecule has 2 rings (SSSR count). The lowest BCUT2D eigenvalue weighted by Gasteiger charge is -2.32. The van der Waals surface area contributed by atoms with Crippen molar-refractivity contribution < 1.29 is 10.2 Å². The molecule has 0 amide bonds. The summed E-state index contributed by atoms with van der Waals surface area (Å²) in [6, 6.07) is 4.11. The predicted octanol–water partition coefficient (Wildman–Crippen LogP) is 4.57. The van der Waals surface area contributed by atoms with Gasteiger partial charge in [-0.3, -0.25) is 4.99 Å². The number of fused-ring (bicyclic) bond motifs is 1. The molecule has 1 heterocycles. The number of unbranched alkanes of at least 4 members (excludes halogenated alkanes) is 2. The Kier molecular flexibility index (Phi) is 6.15. The SMILES string of the molecule is CCCCCc1cc(O)c2c(c1)SC(C)(C)CC2=NC[C@@H](C)O. The van der Waals surface area contributed by atoms with E-state index in [-0.39, 0.29) is 4.75 Å². The molecule has 1 aliphatic rings. The van der Waals surface area contributed by atoms with Crippen molar-refractivity contribution in [1.82, 2.24) is 0 Å².